The number of aliphatic imine (C=N–C) groups is 1. The monoisotopic (exact) mass is 351 g/mol. The molecule has 1 aliphatic rings. The molecule has 0 aromatic heterocycles. The average molecular weight is 351 g/mol. The zero-order valence-corrected chi connectivity index (χ0v) is 11.4. The second-order valence-electron chi connectivity index (χ2n) is 3.69. The summed E-state index contributed by atoms with van der Waals surface area (Å²) in [7, 11) is 1.55. The third-order valence-electron chi connectivity index (χ3n) is 2.18. The molecule has 1 aliphatic carbocycles. The molecule has 0 spiro atoms. The largest absolute Gasteiger partial charge is 0.390 e. The van der Waals surface area contributed by atoms with Gasteiger partial charge in [0, 0.05) is 20.1 Å². The summed E-state index contributed by atoms with van der Waals surface area (Å²) >= 11 is 0. The van der Waals surface area contributed by atoms with Crippen molar-refractivity contribution in [1.82, 2.24) is 10.6 Å². The summed E-state index contributed by atoms with van der Waals surface area (Å²) in [5, 5.41) is 5.62. The Morgan fingerprint density at radius 1 is 1.31 bits per heavy atom. The quantitative estimate of drug-likeness (QED) is 0.463. The van der Waals surface area contributed by atoms with Crippen LogP contribution in [0.3, 0.4) is 0 Å². The standard InChI is InChI=1S/C9H16F3N3.HI/c1-13-8(15-6-7-2-3-7)14-5-4-9(10,11)12;/h7H,2-6H2,1H3,(H2,13,14,15);1H. The molecule has 0 radical (unpaired) electrons. The number of hydrogen-bond donors (Lipinski definition) is 2. The molecule has 0 aromatic rings. The molecule has 1 saturated carbocycles. The Balaban J connectivity index is 0.00000225. The van der Waals surface area contributed by atoms with Crippen LogP contribution in [0.5, 0.6) is 0 Å². The van der Waals surface area contributed by atoms with Crippen LogP contribution in [-0.2, 0) is 0 Å². The summed E-state index contributed by atoms with van der Waals surface area (Å²) in [6.45, 7) is 0.666. The van der Waals surface area contributed by atoms with Gasteiger partial charge >= 0.3 is 6.18 Å². The fourth-order valence-electron chi connectivity index (χ4n) is 1.11. The minimum atomic E-state index is -4.11. The maximum Gasteiger partial charge on any atom is 0.390 e. The number of nitrogens with one attached hydrogen (secondary N) is 2. The molecule has 2 N–H and O–H groups in total. The zero-order valence-electron chi connectivity index (χ0n) is 9.10. The second-order valence-corrected chi connectivity index (χ2v) is 3.69. The van der Waals surface area contributed by atoms with Crippen molar-refractivity contribution >= 4 is 29.9 Å². The number of halogens is 4. The number of guanidine groups is 1. The van der Waals surface area contributed by atoms with Crippen molar-refractivity contribution in [2.75, 3.05) is 20.1 Å². The van der Waals surface area contributed by atoms with Crippen LogP contribution in [-0.4, -0.2) is 32.3 Å². The van der Waals surface area contributed by atoms with E-state index in [1.54, 1.807) is 7.05 Å². The van der Waals surface area contributed by atoms with Crippen molar-refractivity contribution in [2.45, 2.75) is 25.4 Å². The lowest BCUT2D eigenvalue weighted by Gasteiger charge is -2.12. The molecule has 1 fully saturated rings. The molecule has 16 heavy (non-hydrogen) atoms. The summed E-state index contributed by atoms with van der Waals surface area (Å²) in [5.74, 6) is 1.12. The predicted octanol–water partition coefficient (Wildman–Crippen LogP) is 2.13. The van der Waals surface area contributed by atoms with Gasteiger partial charge in [-0.15, -0.1) is 24.0 Å². The normalized spacial score (nSPS) is 16.6. The minimum Gasteiger partial charge on any atom is -0.356 e. The Hall–Kier alpha value is -0.210. The first-order valence-corrected chi connectivity index (χ1v) is 5.02. The fraction of sp³-hybridized carbons (Fsp3) is 0.889. The van der Waals surface area contributed by atoms with E-state index < -0.39 is 12.6 Å². The molecule has 0 amide bonds. The highest BCUT2D eigenvalue weighted by molar-refractivity contribution is 14.0. The van der Waals surface area contributed by atoms with Crippen LogP contribution in [0, 0.1) is 5.92 Å². The highest BCUT2D eigenvalue weighted by Gasteiger charge is 2.26. The third-order valence-corrected chi connectivity index (χ3v) is 2.18. The van der Waals surface area contributed by atoms with E-state index >= 15 is 0 Å². The van der Waals surface area contributed by atoms with Gasteiger partial charge in [-0.1, -0.05) is 0 Å². The Morgan fingerprint density at radius 2 is 1.94 bits per heavy atom. The number of hydrogen-bond acceptors (Lipinski definition) is 1. The molecule has 3 nitrogen and oxygen atoms in total. The highest BCUT2D eigenvalue weighted by Crippen LogP contribution is 2.27. The Kier molecular flexibility index (Phi) is 7.09. The lowest BCUT2D eigenvalue weighted by molar-refractivity contribution is -0.132. The van der Waals surface area contributed by atoms with Gasteiger partial charge in [0.15, 0.2) is 5.96 Å². The van der Waals surface area contributed by atoms with Gasteiger partial charge in [0.25, 0.3) is 0 Å². The van der Waals surface area contributed by atoms with Crippen LogP contribution in [0.4, 0.5) is 13.2 Å². The highest BCUT2D eigenvalue weighted by atomic mass is 127. The maximum atomic E-state index is 11.8. The molecule has 0 saturated heterocycles. The van der Waals surface area contributed by atoms with E-state index in [9.17, 15) is 13.2 Å². The molecule has 0 aliphatic heterocycles. The van der Waals surface area contributed by atoms with E-state index in [1.807, 2.05) is 0 Å². The molecule has 0 heterocycles. The van der Waals surface area contributed by atoms with Gasteiger partial charge in [0.2, 0.25) is 0 Å². The first-order valence-electron chi connectivity index (χ1n) is 5.02. The van der Waals surface area contributed by atoms with Gasteiger partial charge in [0.05, 0.1) is 6.42 Å². The maximum absolute atomic E-state index is 11.8. The lowest BCUT2D eigenvalue weighted by atomic mass is 10.4. The van der Waals surface area contributed by atoms with Crippen molar-refractivity contribution in [3.8, 4) is 0 Å². The molecular weight excluding hydrogens is 334 g/mol. The summed E-state index contributed by atoms with van der Waals surface area (Å²) in [4.78, 5) is 3.83. The van der Waals surface area contributed by atoms with Crippen LogP contribution in [0.2, 0.25) is 0 Å². The van der Waals surface area contributed by atoms with Crippen LogP contribution in [0.1, 0.15) is 19.3 Å². The summed E-state index contributed by atoms with van der Waals surface area (Å²) in [6, 6.07) is 0. The van der Waals surface area contributed by atoms with Crippen molar-refractivity contribution in [2.24, 2.45) is 10.9 Å². The van der Waals surface area contributed by atoms with Crippen molar-refractivity contribution in [3.63, 3.8) is 0 Å². The molecule has 0 bridgehead atoms. The average Bonchev–Trinajstić information content (AvgIpc) is 2.92. The van der Waals surface area contributed by atoms with E-state index in [2.05, 4.69) is 15.6 Å². The summed E-state index contributed by atoms with van der Waals surface area (Å²) in [5.41, 5.74) is 0. The van der Waals surface area contributed by atoms with Gasteiger partial charge < -0.3 is 10.6 Å². The smallest absolute Gasteiger partial charge is 0.356 e. The van der Waals surface area contributed by atoms with Crippen LogP contribution >= 0.6 is 24.0 Å². The Bertz CT molecular complexity index is 227. The van der Waals surface area contributed by atoms with Gasteiger partial charge in [-0.05, 0) is 18.8 Å². The van der Waals surface area contributed by atoms with E-state index in [0.29, 0.717) is 11.9 Å². The Morgan fingerprint density at radius 3 is 2.38 bits per heavy atom. The Labute approximate surface area is 110 Å². The SMILES string of the molecule is CN=C(NCCC(F)(F)F)NCC1CC1.I. The van der Waals surface area contributed by atoms with Crippen molar-refractivity contribution in [1.29, 1.82) is 0 Å². The molecule has 7 heteroatoms. The topological polar surface area (TPSA) is 36.4 Å². The molecule has 1 rings (SSSR count). The van der Waals surface area contributed by atoms with E-state index in [0.717, 1.165) is 6.54 Å². The zero-order chi connectivity index (χ0) is 11.3. The van der Waals surface area contributed by atoms with E-state index in [-0.39, 0.29) is 30.5 Å². The minimum absolute atomic E-state index is 0. The van der Waals surface area contributed by atoms with Gasteiger partial charge in [-0.25, -0.2) is 0 Å². The molecule has 0 unspecified atom stereocenters. The lowest BCUT2D eigenvalue weighted by Crippen LogP contribution is -2.39. The van der Waals surface area contributed by atoms with Crippen molar-refractivity contribution < 1.29 is 13.2 Å². The van der Waals surface area contributed by atoms with Gasteiger partial charge in [-0.3, -0.25) is 4.99 Å². The third kappa shape index (κ3) is 8.00. The van der Waals surface area contributed by atoms with Crippen LogP contribution < -0.4 is 10.6 Å². The first kappa shape index (κ1) is 15.8. The molecule has 0 aromatic carbocycles. The summed E-state index contributed by atoms with van der Waals surface area (Å²) < 4.78 is 35.5. The predicted molar refractivity (Wildman–Crippen MR) is 68.2 cm³/mol. The number of alkyl halides is 3. The second kappa shape index (κ2) is 7.18. The van der Waals surface area contributed by atoms with E-state index in [4.69, 9.17) is 0 Å². The van der Waals surface area contributed by atoms with Crippen molar-refractivity contribution in [3.05, 3.63) is 0 Å². The molecular formula is C9H17F3IN3. The first-order chi connectivity index (χ1) is 7.01. The molecule has 0 atom stereocenters. The summed E-state index contributed by atoms with van der Waals surface area (Å²) in [6.07, 6.45) is -2.54. The van der Waals surface area contributed by atoms with Gasteiger partial charge in [-0.2, -0.15) is 13.2 Å². The number of rotatable bonds is 4. The van der Waals surface area contributed by atoms with E-state index in [1.165, 1.54) is 12.8 Å². The molecule has 96 valence electrons. The van der Waals surface area contributed by atoms with Crippen LogP contribution in [0.25, 0.3) is 0 Å². The fourth-order valence-corrected chi connectivity index (χ4v) is 1.11. The number of nitrogens with zero attached hydrogens (tertiary/aromatic N) is 1. The van der Waals surface area contributed by atoms with Gasteiger partial charge in [0.1, 0.15) is 0 Å². The van der Waals surface area contributed by atoms with Crippen LogP contribution in [0.15, 0.2) is 4.99 Å².